The number of halogens is 3. The average Bonchev–Trinajstić information content (AvgIpc) is 2.94. The van der Waals surface area contributed by atoms with Crippen LogP contribution in [-0.2, 0) is 27.8 Å². The fourth-order valence-corrected chi connectivity index (χ4v) is 5.04. The molecule has 3 aromatic carbocycles. The monoisotopic (exact) mass is 536 g/mol. The fraction of sp³-hybridized carbons (Fsp3) is 0.355. The van der Waals surface area contributed by atoms with Crippen molar-refractivity contribution in [2.45, 2.75) is 51.1 Å². The zero-order valence-electron chi connectivity index (χ0n) is 21.9. The maximum Gasteiger partial charge on any atom is 0.416 e. The molecule has 0 aliphatic carbocycles. The van der Waals surface area contributed by atoms with Gasteiger partial charge in [-0.05, 0) is 55.5 Å². The summed E-state index contributed by atoms with van der Waals surface area (Å²) in [4.78, 5) is 15.1. The van der Waals surface area contributed by atoms with Gasteiger partial charge in [-0.25, -0.2) is 4.79 Å². The number of benzene rings is 3. The Morgan fingerprint density at radius 1 is 1.10 bits per heavy atom. The molecule has 0 N–H and O–H groups in total. The largest absolute Gasteiger partial charge is 0.445 e. The van der Waals surface area contributed by atoms with Crippen molar-refractivity contribution in [2.75, 3.05) is 13.2 Å². The number of amides is 1. The third kappa shape index (κ3) is 6.61. The van der Waals surface area contributed by atoms with E-state index in [9.17, 15) is 23.2 Å². The Labute approximate surface area is 226 Å². The molecule has 1 heterocycles. The number of ether oxygens (including phenoxy) is 2. The van der Waals surface area contributed by atoms with Gasteiger partial charge in [-0.15, -0.1) is 0 Å². The zero-order chi connectivity index (χ0) is 28.0. The van der Waals surface area contributed by atoms with Crippen LogP contribution in [0, 0.1) is 24.2 Å². The normalized spacial score (nSPS) is 20.2. The summed E-state index contributed by atoms with van der Waals surface area (Å²) >= 11 is 0. The highest BCUT2D eigenvalue weighted by atomic mass is 19.4. The number of hydrogen-bond acceptors (Lipinski definition) is 4. The number of hydrogen-bond donors (Lipinski definition) is 0. The van der Waals surface area contributed by atoms with Gasteiger partial charge in [0.15, 0.2) is 0 Å². The summed E-state index contributed by atoms with van der Waals surface area (Å²) in [5.41, 5.74) is 0.822. The number of likely N-dealkylation sites (tertiary alicyclic amines) is 1. The smallest absolute Gasteiger partial charge is 0.416 e. The molecule has 0 saturated carbocycles. The second kappa shape index (κ2) is 11.9. The summed E-state index contributed by atoms with van der Waals surface area (Å²) in [5, 5.41) is 9.67. The molecule has 0 radical (unpaired) electrons. The molecule has 0 spiro atoms. The molecule has 1 fully saturated rings. The minimum Gasteiger partial charge on any atom is -0.445 e. The highest BCUT2D eigenvalue weighted by Gasteiger charge is 2.47. The minimum atomic E-state index is -4.47. The number of rotatable bonds is 7. The Morgan fingerprint density at radius 3 is 2.41 bits per heavy atom. The molecule has 0 bridgehead atoms. The molecule has 39 heavy (non-hydrogen) atoms. The maximum atomic E-state index is 13.5. The lowest BCUT2D eigenvalue weighted by molar-refractivity contribution is -0.137. The number of carbonyl (C=O) groups excluding carboxylic acids is 1. The Hall–Kier alpha value is -3.83. The molecular formula is C31H31F3N2O3. The van der Waals surface area contributed by atoms with Crippen LogP contribution in [0.5, 0.6) is 0 Å². The highest BCUT2D eigenvalue weighted by molar-refractivity contribution is 5.69. The molecule has 1 unspecified atom stereocenters. The standard InChI is InChI=1S/C31H31F3N2O3/c1-22-15-26(17-28(16-22)31(32,33)34)23(2)39-21-30(27-11-7-4-8-12-27)14-13-25(18-35)19-36(30)29(37)38-20-24-9-5-3-6-10-24/h3-12,15-17,23,25H,13-14,19-21H2,1-2H3/t23-,25?,30-/m1/s1. The zero-order valence-corrected chi connectivity index (χ0v) is 21.9. The van der Waals surface area contributed by atoms with Crippen LogP contribution in [0.15, 0.2) is 78.9 Å². The second-order valence-corrected chi connectivity index (χ2v) is 10.00. The molecule has 8 heteroatoms. The van der Waals surface area contributed by atoms with Gasteiger partial charge in [0, 0.05) is 6.54 Å². The van der Waals surface area contributed by atoms with Gasteiger partial charge in [0.1, 0.15) is 6.61 Å². The number of carbonyl (C=O) groups is 1. The molecule has 3 atom stereocenters. The summed E-state index contributed by atoms with van der Waals surface area (Å²) in [6, 6.07) is 24.8. The van der Waals surface area contributed by atoms with Gasteiger partial charge < -0.3 is 9.47 Å². The van der Waals surface area contributed by atoms with E-state index >= 15 is 0 Å². The number of piperidine rings is 1. The maximum absolute atomic E-state index is 13.5. The molecule has 0 aromatic heterocycles. The molecular weight excluding hydrogens is 505 g/mol. The molecule has 1 aliphatic heterocycles. The third-order valence-corrected chi connectivity index (χ3v) is 7.21. The van der Waals surface area contributed by atoms with E-state index < -0.39 is 29.5 Å². The number of nitrogens with zero attached hydrogens (tertiary/aromatic N) is 2. The van der Waals surface area contributed by atoms with E-state index in [1.807, 2.05) is 60.7 Å². The molecule has 5 nitrogen and oxygen atoms in total. The topological polar surface area (TPSA) is 62.6 Å². The number of nitriles is 1. The van der Waals surface area contributed by atoms with Gasteiger partial charge in [-0.1, -0.05) is 72.3 Å². The van der Waals surface area contributed by atoms with Crippen molar-refractivity contribution >= 4 is 6.09 Å². The van der Waals surface area contributed by atoms with Crippen LogP contribution in [0.4, 0.5) is 18.0 Å². The predicted octanol–water partition coefficient (Wildman–Crippen LogP) is 7.56. The summed E-state index contributed by atoms with van der Waals surface area (Å²) in [6.45, 7) is 3.56. The second-order valence-electron chi connectivity index (χ2n) is 10.00. The van der Waals surface area contributed by atoms with Crippen LogP contribution in [0.2, 0.25) is 0 Å². The van der Waals surface area contributed by atoms with Crippen molar-refractivity contribution in [1.29, 1.82) is 5.26 Å². The third-order valence-electron chi connectivity index (χ3n) is 7.21. The number of alkyl halides is 3. The van der Waals surface area contributed by atoms with Gasteiger partial charge in [0.25, 0.3) is 0 Å². The van der Waals surface area contributed by atoms with Crippen molar-refractivity contribution < 1.29 is 27.4 Å². The number of aryl methyl sites for hydroxylation is 1. The molecule has 1 saturated heterocycles. The van der Waals surface area contributed by atoms with Crippen LogP contribution in [0.25, 0.3) is 0 Å². The SMILES string of the molecule is Cc1cc([C@@H](C)OC[C@@]2(c3ccccc3)CCC(C#N)CN2C(=O)OCc2ccccc2)cc(C(F)(F)F)c1. The Balaban J connectivity index is 1.64. The summed E-state index contributed by atoms with van der Waals surface area (Å²) < 4.78 is 52.3. The lowest BCUT2D eigenvalue weighted by Crippen LogP contribution is -2.57. The highest BCUT2D eigenvalue weighted by Crippen LogP contribution is 2.42. The quantitative estimate of drug-likeness (QED) is 0.313. The van der Waals surface area contributed by atoms with E-state index in [4.69, 9.17) is 9.47 Å². The van der Waals surface area contributed by atoms with Gasteiger partial charge in [-0.3, -0.25) is 4.90 Å². The van der Waals surface area contributed by atoms with E-state index in [-0.39, 0.29) is 25.7 Å². The lowest BCUT2D eigenvalue weighted by atomic mass is 9.78. The van der Waals surface area contributed by atoms with Crippen molar-refractivity contribution in [3.05, 3.63) is 107 Å². The van der Waals surface area contributed by atoms with E-state index in [1.165, 1.54) is 0 Å². The molecule has 4 rings (SSSR count). The van der Waals surface area contributed by atoms with Crippen molar-refractivity contribution in [3.63, 3.8) is 0 Å². The van der Waals surface area contributed by atoms with Gasteiger partial charge in [0.2, 0.25) is 0 Å². The van der Waals surface area contributed by atoms with Crippen LogP contribution in [0.3, 0.4) is 0 Å². The van der Waals surface area contributed by atoms with Crippen molar-refractivity contribution in [3.8, 4) is 6.07 Å². The van der Waals surface area contributed by atoms with E-state index in [0.29, 0.717) is 24.0 Å². The molecule has 1 amide bonds. The Morgan fingerprint density at radius 2 is 1.77 bits per heavy atom. The van der Waals surface area contributed by atoms with Gasteiger partial charge >= 0.3 is 12.3 Å². The fourth-order valence-electron chi connectivity index (χ4n) is 5.04. The summed E-state index contributed by atoms with van der Waals surface area (Å²) in [5.74, 6) is -0.380. The summed E-state index contributed by atoms with van der Waals surface area (Å²) in [6.07, 6.45) is -4.75. The van der Waals surface area contributed by atoms with Crippen LogP contribution in [0.1, 0.15) is 53.7 Å². The minimum absolute atomic E-state index is 0.0199. The van der Waals surface area contributed by atoms with E-state index in [0.717, 1.165) is 23.3 Å². The van der Waals surface area contributed by atoms with Crippen LogP contribution >= 0.6 is 0 Å². The molecule has 204 valence electrons. The molecule has 3 aromatic rings. The first kappa shape index (κ1) is 28.2. The Bertz CT molecular complexity index is 1310. The van der Waals surface area contributed by atoms with Crippen LogP contribution in [-0.4, -0.2) is 24.1 Å². The first-order chi connectivity index (χ1) is 18.6. The predicted molar refractivity (Wildman–Crippen MR) is 140 cm³/mol. The Kier molecular flexibility index (Phi) is 8.61. The van der Waals surface area contributed by atoms with Crippen LogP contribution < -0.4 is 0 Å². The average molecular weight is 537 g/mol. The summed E-state index contributed by atoms with van der Waals surface area (Å²) in [7, 11) is 0. The lowest BCUT2D eigenvalue weighted by Gasteiger charge is -2.48. The van der Waals surface area contributed by atoms with Crippen molar-refractivity contribution in [1.82, 2.24) is 4.90 Å². The first-order valence-electron chi connectivity index (χ1n) is 12.9. The van der Waals surface area contributed by atoms with Gasteiger partial charge in [-0.2, -0.15) is 18.4 Å². The molecule has 1 aliphatic rings. The van der Waals surface area contributed by atoms with E-state index in [1.54, 1.807) is 24.8 Å². The van der Waals surface area contributed by atoms with E-state index in [2.05, 4.69) is 6.07 Å². The first-order valence-corrected chi connectivity index (χ1v) is 12.9. The van der Waals surface area contributed by atoms with Crippen molar-refractivity contribution in [2.24, 2.45) is 5.92 Å². The van der Waals surface area contributed by atoms with Gasteiger partial charge in [0.05, 0.1) is 35.8 Å².